The fourth-order valence-electron chi connectivity index (χ4n) is 2.09. The molecule has 114 valence electrons. The Labute approximate surface area is 133 Å². The molecule has 0 fully saturated rings. The number of rotatable bonds is 4. The first-order chi connectivity index (χ1) is 11.2. The summed E-state index contributed by atoms with van der Waals surface area (Å²) < 4.78 is 19.3. The van der Waals surface area contributed by atoms with E-state index in [0.717, 1.165) is 0 Å². The summed E-state index contributed by atoms with van der Waals surface area (Å²) in [5, 5.41) is 2.78. The molecule has 3 aromatic rings. The van der Waals surface area contributed by atoms with Gasteiger partial charge in [-0.25, -0.2) is 4.39 Å². The minimum absolute atomic E-state index is 0.105. The third-order valence-electron chi connectivity index (χ3n) is 3.23. The number of carbonyl (C=O) groups excluding carboxylic acids is 1. The predicted octanol–water partition coefficient (Wildman–Crippen LogP) is 4.87. The Morgan fingerprint density at radius 2 is 1.39 bits per heavy atom. The van der Waals surface area contributed by atoms with Crippen LogP contribution < -0.4 is 10.1 Å². The number of hydrogen-bond donors (Lipinski definition) is 1. The molecule has 0 unspecified atom stereocenters. The summed E-state index contributed by atoms with van der Waals surface area (Å²) in [5.41, 5.74) is 1.01. The number of ether oxygens (including phenoxy) is 1. The fourth-order valence-corrected chi connectivity index (χ4v) is 2.09. The van der Waals surface area contributed by atoms with Crippen LogP contribution in [-0.4, -0.2) is 5.91 Å². The number of halogens is 1. The average Bonchev–Trinajstić information content (AvgIpc) is 2.59. The van der Waals surface area contributed by atoms with Crippen molar-refractivity contribution in [3.63, 3.8) is 0 Å². The van der Waals surface area contributed by atoms with Gasteiger partial charge in [0.05, 0.1) is 5.69 Å². The van der Waals surface area contributed by atoms with Gasteiger partial charge in [-0.05, 0) is 36.4 Å². The van der Waals surface area contributed by atoms with E-state index in [0.29, 0.717) is 17.0 Å². The third kappa shape index (κ3) is 3.55. The second kappa shape index (κ2) is 6.75. The molecule has 0 aliphatic rings. The van der Waals surface area contributed by atoms with E-state index >= 15 is 0 Å². The molecule has 0 atom stereocenters. The van der Waals surface area contributed by atoms with Gasteiger partial charge in [0.1, 0.15) is 0 Å². The highest BCUT2D eigenvalue weighted by molar-refractivity contribution is 6.05. The van der Waals surface area contributed by atoms with Gasteiger partial charge >= 0.3 is 0 Å². The lowest BCUT2D eigenvalue weighted by molar-refractivity contribution is 0.102. The summed E-state index contributed by atoms with van der Waals surface area (Å²) in [5.74, 6) is -0.234. The molecule has 0 aliphatic carbocycles. The van der Waals surface area contributed by atoms with Crippen LogP contribution in [0.25, 0.3) is 0 Å². The van der Waals surface area contributed by atoms with Gasteiger partial charge in [-0.15, -0.1) is 0 Å². The van der Waals surface area contributed by atoms with Crippen molar-refractivity contribution in [1.82, 2.24) is 0 Å². The summed E-state index contributed by atoms with van der Waals surface area (Å²) in [6.45, 7) is 0. The minimum atomic E-state index is -0.461. The van der Waals surface area contributed by atoms with Crippen LogP contribution in [0.2, 0.25) is 0 Å². The van der Waals surface area contributed by atoms with Gasteiger partial charge in [0.15, 0.2) is 17.3 Å². The van der Waals surface area contributed by atoms with E-state index in [9.17, 15) is 9.18 Å². The van der Waals surface area contributed by atoms with E-state index in [4.69, 9.17) is 4.74 Å². The zero-order chi connectivity index (χ0) is 16.1. The molecule has 3 aromatic carbocycles. The van der Waals surface area contributed by atoms with Crippen LogP contribution in [0, 0.1) is 5.82 Å². The average molecular weight is 307 g/mol. The molecule has 0 aromatic heterocycles. The number of anilines is 1. The van der Waals surface area contributed by atoms with Crippen LogP contribution in [-0.2, 0) is 0 Å². The maximum Gasteiger partial charge on any atom is 0.255 e. The second-order valence-corrected chi connectivity index (χ2v) is 4.85. The summed E-state index contributed by atoms with van der Waals surface area (Å²) in [6.07, 6.45) is 0. The summed E-state index contributed by atoms with van der Waals surface area (Å²) in [7, 11) is 0. The van der Waals surface area contributed by atoms with Gasteiger partial charge in [-0.3, -0.25) is 4.79 Å². The third-order valence-corrected chi connectivity index (χ3v) is 3.23. The molecule has 0 bridgehead atoms. The smallest absolute Gasteiger partial charge is 0.255 e. The van der Waals surface area contributed by atoms with Crippen LogP contribution in [0.4, 0.5) is 10.1 Å². The predicted molar refractivity (Wildman–Crippen MR) is 87.3 cm³/mol. The van der Waals surface area contributed by atoms with Gasteiger partial charge in [-0.2, -0.15) is 0 Å². The first-order valence-electron chi connectivity index (χ1n) is 7.12. The van der Waals surface area contributed by atoms with E-state index in [1.165, 1.54) is 12.1 Å². The molecule has 0 saturated heterocycles. The highest BCUT2D eigenvalue weighted by Gasteiger charge is 2.11. The molecular formula is C19H14FNO2. The SMILES string of the molecule is O=C(Nc1ccccc1Oc1ccccc1F)c1ccccc1. The Balaban J connectivity index is 1.84. The van der Waals surface area contributed by atoms with Crippen LogP contribution in [0.15, 0.2) is 78.9 Å². The highest BCUT2D eigenvalue weighted by Crippen LogP contribution is 2.30. The molecule has 0 spiro atoms. The maximum absolute atomic E-state index is 13.7. The Kier molecular flexibility index (Phi) is 4.34. The van der Waals surface area contributed by atoms with Crippen LogP contribution in [0.3, 0.4) is 0 Å². The summed E-state index contributed by atoms with van der Waals surface area (Å²) in [4.78, 5) is 12.2. The van der Waals surface area contributed by atoms with E-state index < -0.39 is 5.82 Å². The van der Waals surface area contributed by atoms with E-state index in [2.05, 4.69) is 5.32 Å². The minimum Gasteiger partial charge on any atom is -0.452 e. The zero-order valence-corrected chi connectivity index (χ0v) is 12.2. The molecule has 0 radical (unpaired) electrons. The first-order valence-corrected chi connectivity index (χ1v) is 7.12. The van der Waals surface area contributed by atoms with Crippen molar-refractivity contribution in [2.24, 2.45) is 0 Å². The maximum atomic E-state index is 13.7. The molecule has 4 heteroatoms. The summed E-state index contributed by atoms with van der Waals surface area (Å²) >= 11 is 0. The zero-order valence-electron chi connectivity index (χ0n) is 12.2. The van der Waals surface area contributed by atoms with E-state index in [-0.39, 0.29) is 11.7 Å². The fraction of sp³-hybridized carbons (Fsp3) is 0. The molecular weight excluding hydrogens is 293 g/mol. The normalized spacial score (nSPS) is 10.1. The lowest BCUT2D eigenvalue weighted by atomic mass is 10.2. The van der Waals surface area contributed by atoms with Gasteiger partial charge in [-0.1, -0.05) is 42.5 Å². The number of nitrogens with one attached hydrogen (secondary N) is 1. The number of carbonyl (C=O) groups is 1. The molecule has 0 aliphatic heterocycles. The lowest BCUT2D eigenvalue weighted by Crippen LogP contribution is -2.12. The van der Waals surface area contributed by atoms with Crippen molar-refractivity contribution in [2.75, 3.05) is 5.32 Å². The van der Waals surface area contributed by atoms with Crippen molar-refractivity contribution >= 4 is 11.6 Å². The van der Waals surface area contributed by atoms with Crippen molar-refractivity contribution in [3.05, 3.63) is 90.2 Å². The number of para-hydroxylation sites is 3. The lowest BCUT2D eigenvalue weighted by Gasteiger charge is -2.12. The van der Waals surface area contributed by atoms with Gasteiger partial charge in [0, 0.05) is 5.56 Å². The van der Waals surface area contributed by atoms with Crippen molar-refractivity contribution in [2.45, 2.75) is 0 Å². The topological polar surface area (TPSA) is 38.3 Å². The van der Waals surface area contributed by atoms with Gasteiger partial charge in [0.2, 0.25) is 0 Å². The molecule has 1 amide bonds. The number of amides is 1. The number of hydrogen-bond acceptors (Lipinski definition) is 2. The first kappa shape index (κ1) is 14.8. The van der Waals surface area contributed by atoms with Crippen molar-refractivity contribution in [1.29, 1.82) is 0 Å². The monoisotopic (exact) mass is 307 g/mol. The van der Waals surface area contributed by atoms with Crippen molar-refractivity contribution < 1.29 is 13.9 Å². The van der Waals surface area contributed by atoms with Crippen LogP contribution in [0.5, 0.6) is 11.5 Å². The Morgan fingerprint density at radius 3 is 2.13 bits per heavy atom. The summed E-state index contributed by atoms with van der Waals surface area (Å²) in [6, 6.07) is 21.9. The van der Waals surface area contributed by atoms with Crippen molar-refractivity contribution in [3.8, 4) is 11.5 Å². The largest absolute Gasteiger partial charge is 0.452 e. The van der Waals surface area contributed by atoms with E-state index in [1.54, 1.807) is 60.7 Å². The quantitative estimate of drug-likeness (QED) is 0.746. The molecule has 0 saturated carbocycles. The molecule has 1 N–H and O–H groups in total. The molecule has 0 heterocycles. The molecule has 3 rings (SSSR count). The second-order valence-electron chi connectivity index (χ2n) is 4.85. The van der Waals surface area contributed by atoms with Crippen LogP contribution >= 0.6 is 0 Å². The Morgan fingerprint density at radius 1 is 0.783 bits per heavy atom. The Hall–Kier alpha value is -3.14. The standard InChI is InChI=1S/C19H14FNO2/c20-15-10-4-6-12-17(15)23-18-13-7-5-11-16(18)21-19(22)14-8-2-1-3-9-14/h1-13H,(H,21,22). The van der Waals surface area contributed by atoms with Gasteiger partial charge < -0.3 is 10.1 Å². The van der Waals surface area contributed by atoms with Crippen LogP contribution in [0.1, 0.15) is 10.4 Å². The molecule has 23 heavy (non-hydrogen) atoms. The number of benzene rings is 3. The Bertz CT molecular complexity index is 818. The highest BCUT2D eigenvalue weighted by atomic mass is 19.1. The van der Waals surface area contributed by atoms with E-state index in [1.807, 2.05) is 6.07 Å². The van der Waals surface area contributed by atoms with Gasteiger partial charge in [0.25, 0.3) is 5.91 Å². The molecule has 3 nitrogen and oxygen atoms in total.